The molecule has 0 amide bonds. The van der Waals surface area contributed by atoms with E-state index in [0.717, 1.165) is 0 Å². The SMILES string of the molecule is CC.CCC.CCN(c1ccccc1)S(C)(=O)=O. The van der Waals surface area contributed by atoms with Gasteiger partial charge in [-0.15, -0.1) is 0 Å². The van der Waals surface area contributed by atoms with Crippen molar-refractivity contribution in [2.75, 3.05) is 17.1 Å². The lowest BCUT2D eigenvalue weighted by Crippen LogP contribution is -2.29. The molecule has 106 valence electrons. The van der Waals surface area contributed by atoms with Gasteiger partial charge < -0.3 is 0 Å². The van der Waals surface area contributed by atoms with Crippen molar-refractivity contribution in [2.24, 2.45) is 0 Å². The first-order valence-electron chi connectivity index (χ1n) is 6.50. The molecule has 0 aliphatic heterocycles. The van der Waals surface area contributed by atoms with E-state index < -0.39 is 10.0 Å². The van der Waals surface area contributed by atoms with Gasteiger partial charge in [-0.2, -0.15) is 0 Å². The molecule has 0 spiro atoms. The molecule has 0 aliphatic rings. The van der Waals surface area contributed by atoms with Crippen LogP contribution in [-0.4, -0.2) is 21.2 Å². The van der Waals surface area contributed by atoms with Crippen molar-refractivity contribution in [3.05, 3.63) is 30.3 Å². The van der Waals surface area contributed by atoms with E-state index in [-0.39, 0.29) is 0 Å². The van der Waals surface area contributed by atoms with Gasteiger partial charge in [-0.25, -0.2) is 8.42 Å². The number of nitrogens with zero attached hydrogens (tertiary/aromatic N) is 1. The maximum atomic E-state index is 11.3. The van der Waals surface area contributed by atoms with Crippen LogP contribution in [0.3, 0.4) is 0 Å². The summed E-state index contributed by atoms with van der Waals surface area (Å²) in [5.74, 6) is 0. The molecule has 0 fully saturated rings. The molecule has 0 bridgehead atoms. The van der Waals surface area contributed by atoms with Gasteiger partial charge in [0.15, 0.2) is 0 Å². The number of rotatable bonds is 3. The van der Waals surface area contributed by atoms with Crippen molar-refractivity contribution in [1.29, 1.82) is 0 Å². The smallest absolute Gasteiger partial charge is 0.232 e. The van der Waals surface area contributed by atoms with E-state index in [4.69, 9.17) is 0 Å². The Kier molecular flexibility index (Phi) is 11.9. The Balaban J connectivity index is 0. The third-order valence-corrected chi connectivity index (χ3v) is 3.00. The number of benzene rings is 1. The van der Waals surface area contributed by atoms with Crippen LogP contribution in [0.15, 0.2) is 30.3 Å². The predicted molar refractivity (Wildman–Crippen MR) is 81.6 cm³/mol. The maximum Gasteiger partial charge on any atom is 0.232 e. The monoisotopic (exact) mass is 273 g/mol. The molecular formula is C14H27NO2S. The minimum absolute atomic E-state index is 0.461. The third-order valence-electron chi connectivity index (χ3n) is 1.73. The molecule has 0 aromatic heterocycles. The van der Waals surface area contributed by atoms with E-state index in [9.17, 15) is 8.42 Å². The van der Waals surface area contributed by atoms with Crippen LogP contribution in [0.25, 0.3) is 0 Å². The molecule has 4 heteroatoms. The van der Waals surface area contributed by atoms with Gasteiger partial charge in [-0.3, -0.25) is 4.31 Å². The fourth-order valence-corrected chi connectivity index (χ4v) is 2.18. The van der Waals surface area contributed by atoms with Gasteiger partial charge in [-0.05, 0) is 19.1 Å². The minimum atomic E-state index is -3.13. The van der Waals surface area contributed by atoms with E-state index in [2.05, 4.69) is 13.8 Å². The van der Waals surface area contributed by atoms with E-state index in [1.807, 2.05) is 39.0 Å². The Morgan fingerprint density at radius 3 is 1.67 bits per heavy atom. The second-order valence-corrected chi connectivity index (χ2v) is 5.38. The second-order valence-electron chi connectivity index (χ2n) is 3.47. The Hall–Kier alpha value is -1.03. The topological polar surface area (TPSA) is 37.4 Å². The normalized spacial score (nSPS) is 9.44. The Labute approximate surface area is 113 Å². The van der Waals surface area contributed by atoms with Crippen molar-refractivity contribution in [2.45, 2.75) is 41.0 Å². The van der Waals surface area contributed by atoms with Crippen molar-refractivity contribution in [3.8, 4) is 0 Å². The van der Waals surface area contributed by atoms with Gasteiger partial charge in [0, 0.05) is 6.54 Å². The summed E-state index contributed by atoms with van der Waals surface area (Å²) >= 11 is 0. The molecule has 1 aromatic rings. The van der Waals surface area contributed by atoms with Crippen LogP contribution < -0.4 is 4.31 Å². The first kappa shape index (κ1) is 19.3. The summed E-state index contributed by atoms with van der Waals surface area (Å²) in [6.07, 6.45) is 2.46. The highest BCUT2D eigenvalue weighted by Crippen LogP contribution is 2.15. The number of hydrogen-bond acceptors (Lipinski definition) is 2. The Morgan fingerprint density at radius 2 is 1.39 bits per heavy atom. The van der Waals surface area contributed by atoms with Gasteiger partial charge in [0.05, 0.1) is 11.9 Å². The van der Waals surface area contributed by atoms with E-state index in [0.29, 0.717) is 12.2 Å². The zero-order valence-corrected chi connectivity index (χ0v) is 13.3. The van der Waals surface area contributed by atoms with E-state index in [1.54, 1.807) is 12.1 Å². The molecule has 0 unspecified atom stereocenters. The van der Waals surface area contributed by atoms with Gasteiger partial charge >= 0.3 is 0 Å². The van der Waals surface area contributed by atoms with Gasteiger partial charge in [0.25, 0.3) is 0 Å². The summed E-state index contributed by atoms with van der Waals surface area (Å²) in [7, 11) is -3.13. The van der Waals surface area contributed by atoms with Gasteiger partial charge in [-0.1, -0.05) is 52.3 Å². The molecule has 0 saturated heterocycles. The fraction of sp³-hybridized carbons (Fsp3) is 0.571. The molecule has 18 heavy (non-hydrogen) atoms. The molecule has 0 heterocycles. The number of anilines is 1. The minimum Gasteiger partial charge on any atom is -0.271 e. The largest absolute Gasteiger partial charge is 0.271 e. The first-order valence-corrected chi connectivity index (χ1v) is 8.34. The quantitative estimate of drug-likeness (QED) is 0.837. The zero-order valence-electron chi connectivity index (χ0n) is 12.5. The molecule has 0 radical (unpaired) electrons. The average Bonchev–Trinajstić information content (AvgIpc) is 2.33. The molecule has 1 rings (SSSR count). The van der Waals surface area contributed by atoms with Crippen LogP contribution in [0.2, 0.25) is 0 Å². The standard InChI is InChI=1S/C9H13NO2S.C3H8.C2H6/c1-3-10(13(2,11)12)9-7-5-4-6-8-9;1-3-2;1-2/h4-8H,3H2,1-2H3;3H2,1-2H3;1-2H3. The molecule has 3 nitrogen and oxygen atoms in total. The first-order chi connectivity index (χ1) is 8.47. The molecule has 1 aromatic carbocycles. The average molecular weight is 273 g/mol. The lowest BCUT2D eigenvalue weighted by atomic mass is 10.3. The molecule has 0 N–H and O–H groups in total. The van der Waals surface area contributed by atoms with Crippen LogP contribution in [0.4, 0.5) is 5.69 Å². The summed E-state index contributed by atoms with van der Waals surface area (Å²) in [6.45, 7) is 10.5. The van der Waals surface area contributed by atoms with Gasteiger partial charge in [0.1, 0.15) is 0 Å². The maximum absolute atomic E-state index is 11.3. The number of hydrogen-bond donors (Lipinski definition) is 0. The van der Waals surface area contributed by atoms with Crippen molar-refractivity contribution < 1.29 is 8.42 Å². The lowest BCUT2D eigenvalue weighted by molar-refractivity contribution is 0.598. The van der Waals surface area contributed by atoms with Crippen molar-refractivity contribution >= 4 is 15.7 Å². The summed E-state index contributed by atoms with van der Waals surface area (Å²) < 4.78 is 23.9. The van der Waals surface area contributed by atoms with Crippen LogP contribution >= 0.6 is 0 Å². The van der Waals surface area contributed by atoms with Crippen LogP contribution in [-0.2, 0) is 10.0 Å². The molecule has 0 saturated carbocycles. The second kappa shape index (κ2) is 11.1. The molecule has 0 aliphatic carbocycles. The molecular weight excluding hydrogens is 246 g/mol. The number of para-hydroxylation sites is 1. The summed E-state index contributed by atoms with van der Waals surface area (Å²) in [5, 5.41) is 0. The summed E-state index contributed by atoms with van der Waals surface area (Å²) in [4.78, 5) is 0. The van der Waals surface area contributed by atoms with E-state index >= 15 is 0 Å². The summed E-state index contributed by atoms with van der Waals surface area (Å²) in [5.41, 5.74) is 0.715. The Bertz CT molecular complexity index is 374. The van der Waals surface area contributed by atoms with Crippen molar-refractivity contribution in [1.82, 2.24) is 0 Å². The highest BCUT2D eigenvalue weighted by atomic mass is 32.2. The van der Waals surface area contributed by atoms with Crippen LogP contribution in [0.1, 0.15) is 41.0 Å². The summed E-state index contributed by atoms with van der Waals surface area (Å²) in [6, 6.07) is 9.07. The van der Waals surface area contributed by atoms with Crippen LogP contribution in [0.5, 0.6) is 0 Å². The highest BCUT2D eigenvalue weighted by molar-refractivity contribution is 7.92. The number of sulfonamides is 1. The third kappa shape index (κ3) is 8.12. The highest BCUT2D eigenvalue weighted by Gasteiger charge is 2.13. The zero-order chi connectivity index (χ0) is 14.6. The van der Waals surface area contributed by atoms with E-state index in [1.165, 1.54) is 17.0 Å². The van der Waals surface area contributed by atoms with Crippen LogP contribution in [0, 0.1) is 0 Å². The Morgan fingerprint density at radius 1 is 1.00 bits per heavy atom. The fourth-order valence-electron chi connectivity index (χ4n) is 1.20. The van der Waals surface area contributed by atoms with Gasteiger partial charge in [0.2, 0.25) is 10.0 Å². The lowest BCUT2D eigenvalue weighted by Gasteiger charge is -2.19. The predicted octanol–water partition coefficient (Wildman–Crippen LogP) is 3.92. The molecule has 0 atom stereocenters. The van der Waals surface area contributed by atoms with Crippen molar-refractivity contribution in [3.63, 3.8) is 0 Å².